The van der Waals surface area contributed by atoms with Gasteiger partial charge in [-0.1, -0.05) is 24.3 Å². The molecule has 1 rings (SSSR count). The Labute approximate surface area is 91.1 Å². The van der Waals surface area contributed by atoms with Gasteiger partial charge in [0.05, 0.1) is 12.0 Å². The van der Waals surface area contributed by atoms with Gasteiger partial charge in [-0.3, -0.25) is 0 Å². The number of benzene rings is 1. The van der Waals surface area contributed by atoms with Crippen molar-refractivity contribution in [2.45, 2.75) is 18.6 Å². The van der Waals surface area contributed by atoms with Gasteiger partial charge in [0.2, 0.25) is 0 Å². The molecule has 0 aromatic heterocycles. The fraction of sp³-hybridized carbons (Fsp3) is 0.400. The first-order valence-corrected chi connectivity index (χ1v) is 4.90. The second-order valence-corrected chi connectivity index (χ2v) is 3.40. The van der Waals surface area contributed by atoms with Gasteiger partial charge >= 0.3 is 0 Å². The van der Waals surface area contributed by atoms with Crippen molar-refractivity contribution in [3.8, 4) is 0 Å². The Hall–Kier alpha value is -0.710. The Morgan fingerprint density at radius 3 is 2.13 bits per heavy atom. The lowest BCUT2D eigenvalue weighted by molar-refractivity contribution is 0.0295. The van der Waals surface area contributed by atoms with Crippen LogP contribution in [0.4, 0.5) is 8.78 Å². The highest BCUT2D eigenvalue weighted by Crippen LogP contribution is 2.29. The van der Waals surface area contributed by atoms with E-state index < -0.39 is 18.6 Å². The first kappa shape index (κ1) is 12.4. The van der Waals surface area contributed by atoms with Crippen LogP contribution in [0.25, 0.3) is 0 Å². The summed E-state index contributed by atoms with van der Waals surface area (Å²) < 4.78 is 25.1. The number of hydrogen-bond acceptors (Lipinski definition) is 2. The zero-order valence-electron chi connectivity index (χ0n) is 7.78. The standard InChI is InChI=1S/C10H11ClF2O2/c11-5-8(14)9(15)6-3-1-2-4-7(6)10(12)13/h1-4,8-10,14-15H,5H2. The summed E-state index contributed by atoms with van der Waals surface area (Å²) in [5.74, 6) is -0.210. The Balaban J connectivity index is 3.02. The Morgan fingerprint density at radius 2 is 1.67 bits per heavy atom. The van der Waals surface area contributed by atoms with Crippen molar-refractivity contribution in [2.75, 3.05) is 5.88 Å². The zero-order valence-corrected chi connectivity index (χ0v) is 8.53. The largest absolute Gasteiger partial charge is 0.389 e. The number of hydrogen-bond donors (Lipinski definition) is 2. The molecule has 2 unspecified atom stereocenters. The van der Waals surface area contributed by atoms with Gasteiger partial charge in [-0.15, -0.1) is 11.6 Å². The second-order valence-electron chi connectivity index (χ2n) is 3.10. The van der Waals surface area contributed by atoms with E-state index in [1.807, 2.05) is 0 Å². The third kappa shape index (κ3) is 2.87. The molecule has 2 nitrogen and oxygen atoms in total. The van der Waals surface area contributed by atoms with E-state index >= 15 is 0 Å². The third-order valence-electron chi connectivity index (χ3n) is 2.07. The van der Waals surface area contributed by atoms with Crippen molar-refractivity contribution in [1.82, 2.24) is 0 Å². The fourth-order valence-electron chi connectivity index (χ4n) is 1.27. The van der Waals surface area contributed by atoms with Crippen molar-refractivity contribution < 1.29 is 19.0 Å². The molecule has 0 bridgehead atoms. The Bertz CT molecular complexity index is 320. The van der Waals surface area contributed by atoms with E-state index in [2.05, 4.69) is 0 Å². The minimum atomic E-state index is -2.68. The summed E-state index contributed by atoms with van der Waals surface area (Å²) in [7, 11) is 0. The minimum absolute atomic E-state index is 0.0145. The molecule has 2 N–H and O–H groups in total. The van der Waals surface area contributed by atoms with Crippen LogP contribution in [0.5, 0.6) is 0 Å². The third-order valence-corrected chi connectivity index (χ3v) is 2.39. The summed E-state index contributed by atoms with van der Waals surface area (Å²) in [4.78, 5) is 0. The molecule has 0 radical (unpaired) electrons. The quantitative estimate of drug-likeness (QED) is 0.788. The Morgan fingerprint density at radius 1 is 1.13 bits per heavy atom. The van der Waals surface area contributed by atoms with Gasteiger partial charge in [0, 0.05) is 5.56 Å². The average molecular weight is 237 g/mol. The SMILES string of the molecule is OC(CCl)C(O)c1ccccc1C(F)F. The average Bonchev–Trinajstić information content (AvgIpc) is 2.27. The molecular formula is C10H11ClF2O2. The maximum atomic E-state index is 12.5. The lowest BCUT2D eigenvalue weighted by Gasteiger charge is -2.18. The number of rotatable bonds is 4. The van der Waals surface area contributed by atoms with Crippen molar-refractivity contribution in [3.63, 3.8) is 0 Å². The molecule has 84 valence electrons. The van der Waals surface area contributed by atoms with Crippen LogP contribution in [0.1, 0.15) is 23.7 Å². The van der Waals surface area contributed by atoms with Crippen LogP contribution in [-0.2, 0) is 0 Å². The van der Waals surface area contributed by atoms with E-state index in [1.54, 1.807) is 0 Å². The van der Waals surface area contributed by atoms with Gasteiger partial charge in [-0.05, 0) is 5.56 Å². The molecule has 0 saturated carbocycles. The molecule has 0 aliphatic carbocycles. The van der Waals surface area contributed by atoms with Crippen LogP contribution >= 0.6 is 11.6 Å². The van der Waals surface area contributed by atoms with Gasteiger partial charge in [0.25, 0.3) is 6.43 Å². The van der Waals surface area contributed by atoms with Crippen molar-refractivity contribution in [2.24, 2.45) is 0 Å². The molecule has 0 aliphatic heterocycles. The molecule has 2 atom stereocenters. The summed E-state index contributed by atoms with van der Waals surface area (Å²) in [5, 5.41) is 18.8. The molecule has 1 aromatic carbocycles. The Kier molecular flexibility index (Phi) is 4.45. The summed E-state index contributed by atoms with van der Waals surface area (Å²) in [5.41, 5.74) is -0.269. The first-order valence-electron chi connectivity index (χ1n) is 4.37. The molecule has 0 fully saturated rings. The summed E-state index contributed by atoms with van der Waals surface area (Å²) in [6.45, 7) is 0. The van der Waals surface area contributed by atoms with E-state index in [-0.39, 0.29) is 17.0 Å². The van der Waals surface area contributed by atoms with Crippen LogP contribution < -0.4 is 0 Å². The minimum Gasteiger partial charge on any atom is -0.389 e. The number of halogens is 3. The molecule has 0 spiro atoms. The second kappa shape index (κ2) is 5.39. The molecule has 1 aromatic rings. The molecule has 5 heteroatoms. The number of aliphatic hydroxyl groups excluding tert-OH is 2. The predicted octanol–water partition coefficient (Wildman–Crippen LogP) is 2.26. The molecule has 0 aliphatic rings. The van der Waals surface area contributed by atoms with Gasteiger partial charge < -0.3 is 10.2 Å². The van der Waals surface area contributed by atoms with Gasteiger partial charge in [0.15, 0.2) is 0 Å². The van der Waals surface area contributed by atoms with Gasteiger partial charge in [-0.25, -0.2) is 8.78 Å². The van der Waals surface area contributed by atoms with Crippen LogP contribution in [-0.4, -0.2) is 22.2 Å². The van der Waals surface area contributed by atoms with Crippen LogP contribution in [0, 0.1) is 0 Å². The fourth-order valence-corrected chi connectivity index (χ4v) is 1.44. The summed E-state index contributed by atoms with van der Waals surface area (Å²) in [6.07, 6.45) is -5.31. The molecule has 0 saturated heterocycles. The smallest absolute Gasteiger partial charge is 0.264 e. The maximum Gasteiger partial charge on any atom is 0.264 e. The molecule has 0 heterocycles. The van der Waals surface area contributed by atoms with E-state index in [9.17, 15) is 19.0 Å². The monoisotopic (exact) mass is 236 g/mol. The van der Waals surface area contributed by atoms with Crippen LogP contribution in [0.3, 0.4) is 0 Å². The van der Waals surface area contributed by atoms with Crippen molar-refractivity contribution >= 4 is 11.6 Å². The van der Waals surface area contributed by atoms with Crippen LogP contribution in [0.15, 0.2) is 24.3 Å². The van der Waals surface area contributed by atoms with Crippen LogP contribution in [0.2, 0.25) is 0 Å². The highest BCUT2D eigenvalue weighted by molar-refractivity contribution is 6.18. The van der Waals surface area contributed by atoms with E-state index in [4.69, 9.17) is 11.6 Å². The van der Waals surface area contributed by atoms with E-state index in [0.717, 1.165) is 0 Å². The van der Waals surface area contributed by atoms with Gasteiger partial charge in [0.1, 0.15) is 6.10 Å². The normalized spacial score (nSPS) is 15.3. The lowest BCUT2D eigenvalue weighted by Crippen LogP contribution is -2.21. The molecular weight excluding hydrogens is 226 g/mol. The highest BCUT2D eigenvalue weighted by atomic mass is 35.5. The highest BCUT2D eigenvalue weighted by Gasteiger charge is 2.23. The van der Waals surface area contributed by atoms with Gasteiger partial charge in [-0.2, -0.15) is 0 Å². The summed E-state index contributed by atoms with van der Waals surface area (Å²) >= 11 is 5.33. The maximum absolute atomic E-state index is 12.5. The van der Waals surface area contributed by atoms with E-state index in [0.29, 0.717) is 0 Å². The van der Waals surface area contributed by atoms with Crippen molar-refractivity contribution in [1.29, 1.82) is 0 Å². The summed E-state index contributed by atoms with van der Waals surface area (Å²) in [6, 6.07) is 5.53. The topological polar surface area (TPSA) is 40.5 Å². The zero-order chi connectivity index (χ0) is 11.4. The molecule has 0 amide bonds. The van der Waals surface area contributed by atoms with Crippen molar-refractivity contribution in [3.05, 3.63) is 35.4 Å². The first-order chi connectivity index (χ1) is 7.07. The number of alkyl halides is 3. The van der Waals surface area contributed by atoms with E-state index in [1.165, 1.54) is 24.3 Å². The number of aliphatic hydroxyl groups is 2. The molecule has 15 heavy (non-hydrogen) atoms. The predicted molar refractivity (Wildman–Crippen MR) is 53.1 cm³/mol. The lowest BCUT2D eigenvalue weighted by atomic mass is 9.99.